The van der Waals surface area contributed by atoms with Gasteiger partial charge in [-0.15, -0.1) is 12.4 Å². The van der Waals surface area contributed by atoms with E-state index in [1.807, 2.05) is 29.2 Å². The summed E-state index contributed by atoms with van der Waals surface area (Å²) in [6, 6.07) is 8.14. The number of methoxy groups -OCH3 is 1. The van der Waals surface area contributed by atoms with Crippen LogP contribution in [0.1, 0.15) is 31.2 Å². The second kappa shape index (κ2) is 8.90. The zero-order chi connectivity index (χ0) is 14.4. The number of nitrogens with zero attached hydrogens (tertiary/aromatic N) is 1. The lowest BCUT2D eigenvalue weighted by molar-refractivity contribution is -0.134. The van der Waals surface area contributed by atoms with Crippen molar-refractivity contribution in [2.45, 2.75) is 38.1 Å². The molecule has 0 saturated carbocycles. The Hall–Kier alpha value is -1.26. The maximum atomic E-state index is 12.3. The molecule has 1 fully saturated rings. The highest BCUT2D eigenvalue weighted by molar-refractivity contribution is 5.85. The zero-order valence-electron chi connectivity index (χ0n) is 12.6. The number of hydrogen-bond acceptors (Lipinski definition) is 3. The van der Waals surface area contributed by atoms with E-state index in [2.05, 4.69) is 0 Å². The number of likely N-dealkylation sites (tertiary alicyclic amines) is 1. The summed E-state index contributed by atoms with van der Waals surface area (Å²) in [5, 5.41) is 0. The van der Waals surface area contributed by atoms with Crippen molar-refractivity contribution >= 4 is 18.3 Å². The van der Waals surface area contributed by atoms with E-state index in [0.717, 1.165) is 37.1 Å². The van der Waals surface area contributed by atoms with Gasteiger partial charge in [0.05, 0.1) is 7.11 Å². The topological polar surface area (TPSA) is 55.6 Å². The van der Waals surface area contributed by atoms with E-state index in [1.165, 1.54) is 6.42 Å². The van der Waals surface area contributed by atoms with Crippen molar-refractivity contribution in [3.05, 3.63) is 29.8 Å². The molecule has 2 N–H and O–H groups in total. The molecule has 1 aliphatic rings. The van der Waals surface area contributed by atoms with Crippen LogP contribution in [0.5, 0.6) is 5.75 Å². The van der Waals surface area contributed by atoms with E-state index in [-0.39, 0.29) is 24.4 Å². The maximum absolute atomic E-state index is 12.3. The zero-order valence-corrected chi connectivity index (χ0v) is 13.4. The molecular weight excluding hydrogens is 288 g/mol. The standard InChI is InChI=1S/C16H24N2O2.ClH/c1-20-15-7-4-5-13(11-15)8-9-16(19)18-10-3-2-6-14(18)12-17;/h4-5,7,11,14H,2-3,6,8-10,12,17H2,1H3;1H. The van der Waals surface area contributed by atoms with Gasteiger partial charge in [0.15, 0.2) is 0 Å². The number of amides is 1. The number of rotatable bonds is 5. The highest BCUT2D eigenvalue weighted by Crippen LogP contribution is 2.19. The van der Waals surface area contributed by atoms with Gasteiger partial charge >= 0.3 is 0 Å². The predicted octanol–water partition coefficient (Wildman–Crippen LogP) is 2.39. The van der Waals surface area contributed by atoms with Crippen LogP contribution < -0.4 is 10.5 Å². The van der Waals surface area contributed by atoms with Crippen LogP contribution in [0.3, 0.4) is 0 Å². The highest BCUT2D eigenvalue weighted by Gasteiger charge is 2.24. The van der Waals surface area contributed by atoms with Gasteiger partial charge in [-0.25, -0.2) is 0 Å². The quantitative estimate of drug-likeness (QED) is 0.908. The van der Waals surface area contributed by atoms with Crippen LogP contribution in [0.4, 0.5) is 0 Å². The van der Waals surface area contributed by atoms with E-state index in [9.17, 15) is 4.79 Å². The first-order valence-corrected chi connectivity index (χ1v) is 7.37. The van der Waals surface area contributed by atoms with Crippen molar-refractivity contribution in [1.82, 2.24) is 4.90 Å². The normalized spacial score (nSPS) is 18.0. The third-order valence-corrected chi connectivity index (χ3v) is 3.98. The van der Waals surface area contributed by atoms with Gasteiger partial charge in [-0.2, -0.15) is 0 Å². The van der Waals surface area contributed by atoms with E-state index in [0.29, 0.717) is 13.0 Å². The minimum atomic E-state index is 0. The summed E-state index contributed by atoms with van der Waals surface area (Å²) in [6.07, 6.45) is 4.62. The van der Waals surface area contributed by atoms with Crippen LogP contribution in [0.2, 0.25) is 0 Å². The first-order chi connectivity index (χ1) is 9.74. The molecule has 4 nitrogen and oxygen atoms in total. The van der Waals surface area contributed by atoms with Crippen molar-refractivity contribution in [2.24, 2.45) is 5.73 Å². The Bertz CT molecular complexity index is 454. The monoisotopic (exact) mass is 312 g/mol. The molecule has 0 radical (unpaired) electrons. The van der Waals surface area contributed by atoms with Gasteiger partial charge in [-0.05, 0) is 43.4 Å². The molecular formula is C16H25ClN2O2. The first-order valence-electron chi connectivity index (χ1n) is 7.37. The number of piperidine rings is 1. The lowest BCUT2D eigenvalue weighted by atomic mass is 10.0. The molecule has 1 aliphatic heterocycles. The summed E-state index contributed by atoms with van der Waals surface area (Å²) in [5.74, 6) is 1.07. The van der Waals surface area contributed by atoms with Crippen LogP contribution in [0.15, 0.2) is 24.3 Å². The number of ether oxygens (including phenoxy) is 1. The molecule has 5 heteroatoms. The van der Waals surface area contributed by atoms with Gasteiger partial charge in [0.2, 0.25) is 5.91 Å². The molecule has 1 saturated heterocycles. The van der Waals surface area contributed by atoms with E-state index < -0.39 is 0 Å². The Morgan fingerprint density at radius 2 is 2.24 bits per heavy atom. The van der Waals surface area contributed by atoms with Crippen molar-refractivity contribution in [2.75, 3.05) is 20.2 Å². The smallest absolute Gasteiger partial charge is 0.223 e. The number of nitrogens with two attached hydrogens (primary N) is 1. The summed E-state index contributed by atoms with van der Waals surface area (Å²) in [4.78, 5) is 14.3. The lowest BCUT2D eigenvalue weighted by Gasteiger charge is -2.35. The first kappa shape index (κ1) is 17.8. The SMILES string of the molecule is COc1cccc(CCC(=O)N2CCCCC2CN)c1.Cl. The van der Waals surface area contributed by atoms with E-state index in [1.54, 1.807) is 7.11 Å². The largest absolute Gasteiger partial charge is 0.497 e. The molecule has 2 rings (SSSR count). The molecule has 1 aromatic carbocycles. The molecule has 0 aliphatic carbocycles. The molecule has 1 unspecified atom stereocenters. The summed E-state index contributed by atoms with van der Waals surface area (Å²) in [6.45, 7) is 1.43. The molecule has 1 atom stereocenters. The Kier molecular flexibility index (Phi) is 7.54. The highest BCUT2D eigenvalue weighted by atomic mass is 35.5. The van der Waals surface area contributed by atoms with Crippen LogP contribution in [0.25, 0.3) is 0 Å². The molecule has 1 aromatic rings. The third kappa shape index (κ3) is 4.90. The van der Waals surface area contributed by atoms with Crippen LogP contribution in [-0.2, 0) is 11.2 Å². The molecule has 0 aromatic heterocycles. The lowest BCUT2D eigenvalue weighted by Crippen LogP contribution is -2.47. The van der Waals surface area contributed by atoms with Gasteiger partial charge in [-0.1, -0.05) is 12.1 Å². The number of benzene rings is 1. The van der Waals surface area contributed by atoms with Gasteiger partial charge in [0.25, 0.3) is 0 Å². The van der Waals surface area contributed by atoms with Crippen LogP contribution in [-0.4, -0.2) is 37.0 Å². The number of aryl methyl sites for hydroxylation is 1. The van der Waals surface area contributed by atoms with Crippen LogP contribution >= 0.6 is 12.4 Å². The van der Waals surface area contributed by atoms with Crippen molar-refractivity contribution < 1.29 is 9.53 Å². The summed E-state index contributed by atoms with van der Waals surface area (Å²) < 4.78 is 5.20. The number of carbonyl (C=O) groups is 1. The second-order valence-corrected chi connectivity index (χ2v) is 5.32. The minimum absolute atomic E-state index is 0. The van der Waals surface area contributed by atoms with Gasteiger partial charge < -0.3 is 15.4 Å². The van der Waals surface area contributed by atoms with Crippen molar-refractivity contribution in [3.63, 3.8) is 0 Å². The Morgan fingerprint density at radius 1 is 1.43 bits per heavy atom. The maximum Gasteiger partial charge on any atom is 0.223 e. The number of halogens is 1. The molecule has 0 spiro atoms. The molecule has 1 heterocycles. The summed E-state index contributed by atoms with van der Waals surface area (Å²) >= 11 is 0. The van der Waals surface area contributed by atoms with Crippen molar-refractivity contribution in [3.8, 4) is 5.75 Å². The molecule has 118 valence electrons. The third-order valence-electron chi connectivity index (χ3n) is 3.98. The second-order valence-electron chi connectivity index (χ2n) is 5.32. The number of hydrogen-bond donors (Lipinski definition) is 1. The van der Waals surface area contributed by atoms with E-state index in [4.69, 9.17) is 10.5 Å². The summed E-state index contributed by atoms with van der Waals surface area (Å²) in [7, 11) is 1.66. The molecule has 0 bridgehead atoms. The molecule has 1 amide bonds. The number of carbonyl (C=O) groups excluding carboxylic acids is 1. The fraction of sp³-hybridized carbons (Fsp3) is 0.562. The predicted molar refractivity (Wildman–Crippen MR) is 87.0 cm³/mol. The van der Waals surface area contributed by atoms with Crippen LogP contribution in [0, 0.1) is 0 Å². The van der Waals surface area contributed by atoms with Gasteiger partial charge in [0, 0.05) is 25.6 Å². The van der Waals surface area contributed by atoms with Crippen molar-refractivity contribution in [1.29, 1.82) is 0 Å². The van der Waals surface area contributed by atoms with Gasteiger partial charge in [-0.3, -0.25) is 4.79 Å². The van der Waals surface area contributed by atoms with Gasteiger partial charge in [0.1, 0.15) is 5.75 Å². The Labute approximate surface area is 133 Å². The fourth-order valence-corrected chi connectivity index (χ4v) is 2.80. The molecule has 21 heavy (non-hydrogen) atoms. The average molecular weight is 313 g/mol. The fourth-order valence-electron chi connectivity index (χ4n) is 2.80. The minimum Gasteiger partial charge on any atom is -0.497 e. The summed E-state index contributed by atoms with van der Waals surface area (Å²) in [5.41, 5.74) is 6.90. The van der Waals surface area contributed by atoms with E-state index >= 15 is 0 Å². The Balaban J connectivity index is 0.00000220. The average Bonchev–Trinajstić information content (AvgIpc) is 2.52. The Morgan fingerprint density at radius 3 is 2.95 bits per heavy atom.